The Labute approximate surface area is 191 Å². The number of para-hydroxylation sites is 3. The molecule has 1 saturated heterocycles. The number of H-pyrrole nitrogens is 1. The summed E-state index contributed by atoms with van der Waals surface area (Å²) in [5.41, 5.74) is 4.23. The molecule has 1 aromatic heterocycles. The fraction of sp³-hybridized carbons (Fsp3) is 0.192. The van der Waals surface area contributed by atoms with E-state index in [4.69, 9.17) is 0 Å². The standard InChI is InChI=1S/C26H25N5O2/c32-25(19-9-7-15-31(17-19)26(33)28-20-10-2-1-3-11-20)27-21-12-6-8-18(16-21)24-29-22-13-4-5-14-23(22)30-24/h1-6,8,10-14,16,19H,7,9,15,17H2,(H,27,32)(H,28,33)(H,29,30). The van der Waals surface area contributed by atoms with Crippen LogP contribution in [-0.4, -0.2) is 39.9 Å². The number of fused-ring (bicyclic) bond motifs is 1. The van der Waals surface area contributed by atoms with Gasteiger partial charge in [0.1, 0.15) is 5.82 Å². The summed E-state index contributed by atoms with van der Waals surface area (Å²) >= 11 is 0. The Hall–Kier alpha value is -4.13. The van der Waals surface area contributed by atoms with Crippen molar-refractivity contribution >= 4 is 34.3 Å². The molecule has 4 aromatic rings. The van der Waals surface area contributed by atoms with Gasteiger partial charge in [-0.25, -0.2) is 9.78 Å². The second-order valence-corrected chi connectivity index (χ2v) is 8.25. The van der Waals surface area contributed by atoms with Crippen molar-refractivity contribution in [2.24, 2.45) is 5.92 Å². The number of imidazole rings is 1. The Morgan fingerprint density at radius 1 is 0.909 bits per heavy atom. The summed E-state index contributed by atoms with van der Waals surface area (Å²) in [5.74, 6) is 0.429. The molecule has 3 amide bonds. The number of hydrogen-bond donors (Lipinski definition) is 3. The Bertz CT molecular complexity index is 1250. The first-order valence-electron chi connectivity index (χ1n) is 11.1. The molecule has 1 aliphatic heterocycles. The van der Waals surface area contributed by atoms with E-state index in [0.717, 1.165) is 41.0 Å². The van der Waals surface area contributed by atoms with Gasteiger partial charge in [0.25, 0.3) is 0 Å². The zero-order chi connectivity index (χ0) is 22.6. The molecule has 3 N–H and O–H groups in total. The summed E-state index contributed by atoms with van der Waals surface area (Å²) in [4.78, 5) is 35.3. The van der Waals surface area contributed by atoms with Gasteiger partial charge in [-0.2, -0.15) is 0 Å². The number of nitrogens with zero attached hydrogens (tertiary/aromatic N) is 2. The molecule has 0 aliphatic carbocycles. The van der Waals surface area contributed by atoms with Crippen LogP contribution in [0.2, 0.25) is 0 Å². The van der Waals surface area contributed by atoms with Crippen LogP contribution in [-0.2, 0) is 4.79 Å². The van der Waals surface area contributed by atoms with Crippen molar-refractivity contribution in [1.29, 1.82) is 0 Å². The molecule has 166 valence electrons. The van der Waals surface area contributed by atoms with Crippen molar-refractivity contribution in [2.45, 2.75) is 12.8 Å². The molecule has 3 aromatic carbocycles. The number of amides is 3. The number of piperidine rings is 1. The Balaban J connectivity index is 1.24. The van der Waals surface area contributed by atoms with Crippen LogP contribution in [0.4, 0.5) is 16.2 Å². The fourth-order valence-electron chi connectivity index (χ4n) is 4.18. The molecule has 0 saturated carbocycles. The predicted molar refractivity (Wildman–Crippen MR) is 130 cm³/mol. The summed E-state index contributed by atoms with van der Waals surface area (Å²) in [6.07, 6.45) is 1.55. The summed E-state index contributed by atoms with van der Waals surface area (Å²) in [7, 11) is 0. The number of aromatic nitrogens is 2. The van der Waals surface area contributed by atoms with E-state index < -0.39 is 0 Å². The summed E-state index contributed by atoms with van der Waals surface area (Å²) in [6, 6.07) is 24.7. The number of carbonyl (C=O) groups excluding carboxylic acids is 2. The highest BCUT2D eigenvalue weighted by Gasteiger charge is 2.28. The molecule has 0 bridgehead atoms. The van der Waals surface area contributed by atoms with E-state index in [9.17, 15) is 9.59 Å². The minimum Gasteiger partial charge on any atom is -0.338 e. The first kappa shape index (κ1) is 20.8. The first-order valence-corrected chi connectivity index (χ1v) is 11.1. The fourth-order valence-corrected chi connectivity index (χ4v) is 4.18. The number of nitrogens with one attached hydrogen (secondary N) is 3. The topological polar surface area (TPSA) is 90.1 Å². The lowest BCUT2D eigenvalue weighted by molar-refractivity contribution is -0.121. The van der Waals surface area contributed by atoms with Gasteiger partial charge in [0.2, 0.25) is 5.91 Å². The second kappa shape index (κ2) is 9.16. The highest BCUT2D eigenvalue weighted by Crippen LogP contribution is 2.25. The number of aromatic amines is 1. The number of benzene rings is 3. The SMILES string of the molecule is O=C(Nc1cccc(-c2nc3ccccc3[nH]2)c1)C1CCCN(C(=O)Nc2ccccc2)C1. The Morgan fingerprint density at radius 3 is 2.55 bits per heavy atom. The van der Waals surface area contributed by atoms with E-state index >= 15 is 0 Å². The van der Waals surface area contributed by atoms with Crippen molar-refractivity contribution in [2.75, 3.05) is 23.7 Å². The maximum absolute atomic E-state index is 13.0. The van der Waals surface area contributed by atoms with Crippen LogP contribution in [0.1, 0.15) is 12.8 Å². The lowest BCUT2D eigenvalue weighted by Crippen LogP contribution is -2.45. The van der Waals surface area contributed by atoms with Crippen LogP contribution in [0.15, 0.2) is 78.9 Å². The third kappa shape index (κ3) is 4.72. The van der Waals surface area contributed by atoms with E-state index in [1.165, 1.54) is 0 Å². The Morgan fingerprint density at radius 2 is 1.70 bits per heavy atom. The van der Waals surface area contributed by atoms with Crippen molar-refractivity contribution in [3.8, 4) is 11.4 Å². The molecule has 5 rings (SSSR count). The second-order valence-electron chi connectivity index (χ2n) is 8.25. The summed E-state index contributed by atoms with van der Waals surface area (Å²) in [6.45, 7) is 1.04. The molecule has 1 unspecified atom stereocenters. The van der Waals surface area contributed by atoms with Gasteiger partial charge in [0.15, 0.2) is 0 Å². The Kier molecular flexibility index (Phi) is 5.76. The number of likely N-dealkylation sites (tertiary alicyclic amines) is 1. The van der Waals surface area contributed by atoms with Crippen molar-refractivity contribution in [3.05, 3.63) is 78.9 Å². The van der Waals surface area contributed by atoms with Crippen LogP contribution in [0, 0.1) is 5.92 Å². The van der Waals surface area contributed by atoms with Gasteiger partial charge in [-0.3, -0.25) is 4.79 Å². The van der Waals surface area contributed by atoms with Gasteiger partial charge in [0, 0.05) is 30.0 Å². The molecule has 1 atom stereocenters. The number of carbonyl (C=O) groups is 2. The van der Waals surface area contributed by atoms with E-state index in [1.807, 2.05) is 78.9 Å². The molecule has 1 aliphatic rings. The highest BCUT2D eigenvalue weighted by atomic mass is 16.2. The zero-order valence-corrected chi connectivity index (χ0v) is 18.1. The molecule has 0 radical (unpaired) electrons. The smallest absolute Gasteiger partial charge is 0.321 e. The largest absolute Gasteiger partial charge is 0.338 e. The zero-order valence-electron chi connectivity index (χ0n) is 18.1. The van der Waals surface area contributed by atoms with Crippen LogP contribution in [0.5, 0.6) is 0 Å². The minimum atomic E-state index is -0.255. The average molecular weight is 440 g/mol. The monoisotopic (exact) mass is 439 g/mol. The maximum atomic E-state index is 13.0. The maximum Gasteiger partial charge on any atom is 0.321 e. The predicted octanol–water partition coefficient (Wildman–Crippen LogP) is 5.11. The third-order valence-electron chi connectivity index (χ3n) is 5.90. The van der Waals surface area contributed by atoms with Crippen LogP contribution < -0.4 is 10.6 Å². The number of anilines is 2. The number of rotatable bonds is 4. The van der Waals surface area contributed by atoms with Crippen molar-refractivity contribution in [3.63, 3.8) is 0 Å². The molecule has 0 spiro atoms. The molecular formula is C26H25N5O2. The highest BCUT2D eigenvalue weighted by molar-refractivity contribution is 5.94. The lowest BCUT2D eigenvalue weighted by atomic mass is 9.97. The van der Waals surface area contributed by atoms with Gasteiger partial charge < -0.3 is 20.5 Å². The van der Waals surface area contributed by atoms with E-state index in [0.29, 0.717) is 18.8 Å². The quantitative estimate of drug-likeness (QED) is 0.413. The van der Waals surface area contributed by atoms with Gasteiger partial charge in [-0.1, -0.05) is 42.5 Å². The van der Waals surface area contributed by atoms with Crippen LogP contribution in [0.3, 0.4) is 0 Å². The van der Waals surface area contributed by atoms with E-state index in [2.05, 4.69) is 20.6 Å². The van der Waals surface area contributed by atoms with Crippen LogP contribution in [0.25, 0.3) is 22.4 Å². The normalized spacial score (nSPS) is 15.9. The van der Waals surface area contributed by atoms with E-state index in [1.54, 1.807) is 4.90 Å². The summed E-state index contributed by atoms with van der Waals surface area (Å²) < 4.78 is 0. The molecule has 7 heteroatoms. The summed E-state index contributed by atoms with van der Waals surface area (Å²) in [5, 5.41) is 5.93. The van der Waals surface area contributed by atoms with Gasteiger partial charge >= 0.3 is 6.03 Å². The lowest BCUT2D eigenvalue weighted by Gasteiger charge is -2.32. The average Bonchev–Trinajstić information content (AvgIpc) is 3.29. The molecule has 33 heavy (non-hydrogen) atoms. The minimum absolute atomic E-state index is 0.0750. The third-order valence-corrected chi connectivity index (χ3v) is 5.90. The van der Waals surface area contributed by atoms with Crippen molar-refractivity contribution in [1.82, 2.24) is 14.9 Å². The molecule has 2 heterocycles. The van der Waals surface area contributed by atoms with Gasteiger partial charge in [-0.05, 0) is 49.2 Å². The molecule has 7 nitrogen and oxygen atoms in total. The first-order chi connectivity index (χ1) is 16.2. The number of urea groups is 1. The molecular weight excluding hydrogens is 414 g/mol. The van der Waals surface area contributed by atoms with E-state index in [-0.39, 0.29) is 17.9 Å². The van der Waals surface area contributed by atoms with Gasteiger partial charge in [-0.15, -0.1) is 0 Å². The van der Waals surface area contributed by atoms with Crippen molar-refractivity contribution < 1.29 is 9.59 Å². The number of hydrogen-bond acceptors (Lipinski definition) is 3. The molecule has 1 fully saturated rings. The van der Waals surface area contributed by atoms with Gasteiger partial charge in [0.05, 0.1) is 17.0 Å². The van der Waals surface area contributed by atoms with Crippen LogP contribution >= 0.6 is 0 Å².